The Morgan fingerprint density at radius 3 is 2.09 bits per heavy atom. The van der Waals surface area contributed by atoms with Crippen LogP contribution >= 0.6 is 11.6 Å². The standard InChI is InChI=1S/C23H33ClN6O5/c1-14(28-19(31)11-7-15-5-8-16(24)9-6-15)23(35)30-18(22(27)34)10-12-20(32)29-17(21(26)33)4-2-3-13-25/h5-9,11,14,17-18H,2-4,10,12-13,25H2,1H3,(H2,26,33)(H2,27,34)(H,28,31)(H,29,32)(H,30,35)/b11-7+. The van der Waals surface area contributed by atoms with Gasteiger partial charge >= 0.3 is 0 Å². The molecular weight excluding hydrogens is 476 g/mol. The summed E-state index contributed by atoms with van der Waals surface area (Å²) in [7, 11) is 0. The number of rotatable bonds is 15. The van der Waals surface area contributed by atoms with E-state index in [1.165, 1.54) is 13.0 Å². The molecule has 0 saturated carbocycles. The Morgan fingerprint density at radius 1 is 0.914 bits per heavy atom. The van der Waals surface area contributed by atoms with Crippen molar-refractivity contribution in [3.05, 3.63) is 40.9 Å². The smallest absolute Gasteiger partial charge is 0.244 e. The summed E-state index contributed by atoms with van der Waals surface area (Å²) in [5.41, 5.74) is 16.8. The Labute approximate surface area is 209 Å². The van der Waals surface area contributed by atoms with E-state index in [1.54, 1.807) is 30.3 Å². The van der Waals surface area contributed by atoms with Crippen molar-refractivity contribution in [1.82, 2.24) is 16.0 Å². The molecule has 0 radical (unpaired) electrons. The van der Waals surface area contributed by atoms with Crippen LogP contribution in [0.4, 0.5) is 0 Å². The summed E-state index contributed by atoms with van der Waals surface area (Å²) in [6.07, 6.45) is 4.17. The van der Waals surface area contributed by atoms with Crippen LogP contribution in [0.15, 0.2) is 30.3 Å². The maximum atomic E-state index is 12.4. The van der Waals surface area contributed by atoms with Gasteiger partial charge in [-0.1, -0.05) is 23.7 Å². The molecule has 0 spiro atoms. The monoisotopic (exact) mass is 508 g/mol. The molecule has 1 aromatic rings. The van der Waals surface area contributed by atoms with Crippen molar-refractivity contribution in [1.29, 1.82) is 0 Å². The van der Waals surface area contributed by atoms with Crippen molar-refractivity contribution in [3.8, 4) is 0 Å². The van der Waals surface area contributed by atoms with E-state index >= 15 is 0 Å². The van der Waals surface area contributed by atoms with Crippen LogP contribution in [0.2, 0.25) is 5.02 Å². The summed E-state index contributed by atoms with van der Waals surface area (Å²) in [5, 5.41) is 7.98. The third kappa shape index (κ3) is 12.0. The van der Waals surface area contributed by atoms with E-state index < -0.39 is 47.7 Å². The fourth-order valence-electron chi connectivity index (χ4n) is 2.98. The van der Waals surface area contributed by atoms with E-state index in [4.69, 9.17) is 28.8 Å². The molecule has 0 heterocycles. The molecule has 0 aliphatic heterocycles. The zero-order valence-corrected chi connectivity index (χ0v) is 20.3. The second kappa shape index (κ2) is 15.5. The summed E-state index contributed by atoms with van der Waals surface area (Å²) in [6, 6.07) is 3.82. The molecule has 1 rings (SSSR count). The number of amides is 5. The zero-order valence-electron chi connectivity index (χ0n) is 19.6. The molecule has 11 nitrogen and oxygen atoms in total. The number of nitrogens with two attached hydrogens (primary N) is 3. The van der Waals surface area contributed by atoms with Gasteiger partial charge < -0.3 is 33.2 Å². The van der Waals surface area contributed by atoms with Gasteiger partial charge in [-0.25, -0.2) is 0 Å². The first-order valence-electron chi connectivity index (χ1n) is 11.2. The van der Waals surface area contributed by atoms with Crippen molar-refractivity contribution in [3.63, 3.8) is 0 Å². The van der Waals surface area contributed by atoms with Crippen LogP contribution in [0.3, 0.4) is 0 Å². The number of benzene rings is 1. The van der Waals surface area contributed by atoms with Gasteiger partial charge in [-0.05, 0) is 62.9 Å². The van der Waals surface area contributed by atoms with Crippen LogP contribution in [0.5, 0.6) is 0 Å². The van der Waals surface area contributed by atoms with Crippen LogP contribution in [-0.2, 0) is 24.0 Å². The quantitative estimate of drug-likeness (QED) is 0.139. The molecule has 9 N–H and O–H groups in total. The maximum absolute atomic E-state index is 12.4. The number of hydrogen-bond acceptors (Lipinski definition) is 6. The minimum Gasteiger partial charge on any atom is -0.368 e. The lowest BCUT2D eigenvalue weighted by molar-refractivity contribution is -0.131. The first-order valence-corrected chi connectivity index (χ1v) is 11.5. The third-order valence-corrected chi connectivity index (χ3v) is 5.25. The normalized spacial score (nSPS) is 13.5. The van der Waals surface area contributed by atoms with Gasteiger partial charge in [-0.15, -0.1) is 0 Å². The Bertz CT molecular complexity index is 921. The highest BCUT2D eigenvalue weighted by Gasteiger charge is 2.24. The van der Waals surface area contributed by atoms with Gasteiger partial charge in [0.1, 0.15) is 18.1 Å². The largest absolute Gasteiger partial charge is 0.368 e. The van der Waals surface area contributed by atoms with Gasteiger partial charge in [0.15, 0.2) is 0 Å². The molecule has 35 heavy (non-hydrogen) atoms. The number of unbranched alkanes of at least 4 members (excludes halogenated alkanes) is 1. The van der Waals surface area contributed by atoms with Gasteiger partial charge in [-0.2, -0.15) is 0 Å². The van der Waals surface area contributed by atoms with Gasteiger partial charge in [0.25, 0.3) is 0 Å². The SMILES string of the molecule is CC(NC(=O)/C=C/c1ccc(Cl)cc1)C(=O)NC(CCC(=O)NC(CCCCN)C(N)=O)C(N)=O. The van der Waals surface area contributed by atoms with Crippen molar-refractivity contribution in [2.75, 3.05) is 6.54 Å². The average molecular weight is 509 g/mol. The molecule has 0 aromatic heterocycles. The molecule has 5 amide bonds. The summed E-state index contributed by atoms with van der Waals surface area (Å²) in [5.74, 6) is -3.22. The summed E-state index contributed by atoms with van der Waals surface area (Å²) in [6.45, 7) is 1.89. The summed E-state index contributed by atoms with van der Waals surface area (Å²) < 4.78 is 0. The fraction of sp³-hybridized carbons (Fsp3) is 0.435. The molecule has 0 saturated heterocycles. The molecule has 0 aliphatic carbocycles. The second-order valence-electron chi connectivity index (χ2n) is 7.92. The highest BCUT2D eigenvalue weighted by Crippen LogP contribution is 2.10. The Hall–Kier alpha value is -3.44. The van der Waals surface area contributed by atoms with E-state index in [-0.39, 0.29) is 12.8 Å². The molecule has 192 valence electrons. The third-order valence-electron chi connectivity index (χ3n) is 4.99. The lowest BCUT2D eigenvalue weighted by Crippen LogP contribution is -2.52. The van der Waals surface area contributed by atoms with Gasteiger partial charge in [0, 0.05) is 17.5 Å². The maximum Gasteiger partial charge on any atom is 0.244 e. The van der Waals surface area contributed by atoms with Crippen LogP contribution in [0.25, 0.3) is 6.08 Å². The first-order chi connectivity index (χ1) is 16.5. The van der Waals surface area contributed by atoms with E-state index in [0.29, 0.717) is 30.8 Å². The summed E-state index contributed by atoms with van der Waals surface area (Å²) in [4.78, 5) is 60.0. The molecule has 1 aromatic carbocycles. The highest BCUT2D eigenvalue weighted by molar-refractivity contribution is 6.30. The molecule has 0 bridgehead atoms. The molecule has 12 heteroatoms. The predicted molar refractivity (Wildman–Crippen MR) is 132 cm³/mol. The Balaban J connectivity index is 2.56. The molecule has 3 unspecified atom stereocenters. The number of hydrogen-bond donors (Lipinski definition) is 6. The predicted octanol–water partition coefficient (Wildman–Crippen LogP) is -0.293. The lowest BCUT2D eigenvalue weighted by atomic mass is 10.1. The number of carbonyl (C=O) groups is 5. The number of carbonyl (C=O) groups excluding carboxylic acids is 5. The number of nitrogens with one attached hydrogen (secondary N) is 3. The highest BCUT2D eigenvalue weighted by atomic mass is 35.5. The van der Waals surface area contributed by atoms with E-state index in [9.17, 15) is 24.0 Å². The summed E-state index contributed by atoms with van der Waals surface area (Å²) >= 11 is 5.81. The number of primary amides is 2. The molecular formula is C23H33ClN6O5. The minimum atomic E-state index is -1.15. The van der Waals surface area contributed by atoms with Gasteiger partial charge in [-0.3, -0.25) is 24.0 Å². The van der Waals surface area contributed by atoms with Gasteiger partial charge in [0.2, 0.25) is 29.5 Å². The molecule has 0 aliphatic rings. The Morgan fingerprint density at radius 2 is 1.51 bits per heavy atom. The van der Waals surface area contributed by atoms with Crippen LogP contribution in [-0.4, -0.2) is 54.2 Å². The van der Waals surface area contributed by atoms with Crippen molar-refractivity contribution in [2.24, 2.45) is 17.2 Å². The van der Waals surface area contributed by atoms with Crippen molar-refractivity contribution in [2.45, 2.75) is 57.2 Å². The average Bonchev–Trinajstić information content (AvgIpc) is 2.80. The fourth-order valence-corrected chi connectivity index (χ4v) is 3.10. The molecule has 0 fully saturated rings. The molecule has 3 atom stereocenters. The van der Waals surface area contributed by atoms with Crippen LogP contribution in [0, 0.1) is 0 Å². The first kappa shape index (κ1) is 29.6. The number of halogens is 1. The minimum absolute atomic E-state index is 0.0989. The Kier molecular flexibility index (Phi) is 13.1. The van der Waals surface area contributed by atoms with Crippen molar-refractivity contribution >= 4 is 47.2 Å². The topological polar surface area (TPSA) is 200 Å². The zero-order chi connectivity index (χ0) is 26.4. The lowest BCUT2D eigenvalue weighted by Gasteiger charge is -2.20. The van der Waals surface area contributed by atoms with E-state index in [1.807, 2.05) is 0 Å². The second-order valence-corrected chi connectivity index (χ2v) is 8.36. The van der Waals surface area contributed by atoms with E-state index in [2.05, 4.69) is 16.0 Å². The van der Waals surface area contributed by atoms with Crippen LogP contribution < -0.4 is 33.2 Å². The van der Waals surface area contributed by atoms with E-state index in [0.717, 1.165) is 5.56 Å². The van der Waals surface area contributed by atoms with Gasteiger partial charge in [0.05, 0.1) is 0 Å². The van der Waals surface area contributed by atoms with Crippen LogP contribution in [0.1, 0.15) is 44.6 Å². The van der Waals surface area contributed by atoms with Crippen molar-refractivity contribution < 1.29 is 24.0 Å².